The summed E-state index contributed by atoms with van der Waals surface area (Å²) in [5, 5.41) is 14.9. The first-order chi connectivity index (χ1) is 16.3. The topological polar surface area (TPSA) is 116 Å². The number of hydrogen-bond donors (Lipinski definition) is 5. The van der Waals surface area contributed by atoms with Gasteiger partial charge in [-0.3, -0.25) is 14.8 Å². The molecule has 2 aromatic rings. The van der Waals surface area contributed by atoms with Gasteiger partial charge in [-0.05, 0) is 77.8 Å². The van der Waals surface area contributed by atoms with Gasteiger partial charge in [0, 0.05) is 18.7 Å². The van der Waals surface area contributed by atoms with E-state index in [9.17, 15) is 9.59 Å². The number of carbonyl (C=O) groups is 2. The molecule has 3 saturated carbocycles. The van der Waals surface area contributed by atoms with Gasteiger partial charge in [0.25, 0.3) is 11.8 Å². The van der Waals surface area contributed by atoms with Crippen LogP contribution in [0.4, 0.5) is 0 Å². The molecule has 4 atom stereocenters. The van der Waals surface area contributed by atoms with Crippen LogP contribution in [0.1, 0.15) is 49.0 Å². The zero-order valence-electron chi connectivity index (χ0n) is 20.0. The lowest BCUT2D eigenvalue weighted by atomic mass is 9.45. The molecule has 0 unspecified atom stereocenters. The van der Waals surface area contributed by atoms with E-state index in [-0.39, 0.29) is 6.54 Å². The molecule has 2 amide bonds. The summed E-state index contributed by atoms with van der Waals surface area (Å²) >= 11 is 0. The molecule has 3 fully saturated rings. The monoisotopic (exact) mass is 464 g/mol. The van der Waals surface area contributed by atoms with Crippen molar-refractivity contribution in [2.24, 2.45) is 28.9 Å². The van der Waals surface area contributed by atoms with Gasteiger partial charge in [-0.25, -0.2) is 5.48 Å². The van der Waals surface area contributed by atoms with Gasteiger partial charge in [-0.2, -0.15) is 0 Å². The maximum Gasteiger partial charge on any atom is 0.267 e. The molecule has 7 heteroatoms. The second-order valence-corrected chi connectivity index (χ2v) is 10.3. The molecule has 3 aliphatic carbocycles. The first-order valence-corrected chi connectivity index (χ1v) is 12.2. The molecule has 34 heavy (non-hydrogen) atoms. The molecular weight excluding hydrogens is 428 g/mol. The van der Waals surface area contributed by atoms with Crippen LogP contribution in [0.25, 0.3) is 11.1 Å². The third-order valence-corrected chi connectivity index (χ3v) is 8.14. The summed E-state index contributed by atoms with van der Waals surface area (Å²) in [5.74, 6) is 1.44. The summed E-state index contributed by atoms with van der Waals surface area (Å²) in [5.41, 5.74) is 11.3. The zero-order chi connectivity index (χ0) is 24.3. The highest BCUT2D eigenvalue weighted by molar-refractivity contribution is 5.97. The lowest BCUT2D eigenvalue weighted by molar-refractivity contribution is -0.130. The average molecular weight is 465 g/mol. The number of benzene rings is 2. The Labute approximate surface area is 201 Å². The van der Waals surface area contributed by atoms with E-state index in [2.05, 4.69) is 48.7 Å². The normalized spacial score (nSPS) is 23.5. The Kier molecular flexibility index (Phi) is 7.36. The highest BCUT2D eigenvalue weighted by atomic mass is 16.5. The third kappa shape index (κ3) is 5.02. The molecule has 2 bridgehead atoms. The minimum atomic E-state index is -0.992. The van der Waals surface area contributed by atoms with Crippen molar-refractivity contribution in [3.63, 3.8) is 0 Å². The van der Waals surface area contributed by atoms with Crippen molar-refractivity contribution in [3.8, 4) is 11.1 Å². The molecule has 6 N–H and O–H groups in total. The summed E-state index contributed by atoms with van der Waals surface area (Å²) < 4.78 is 0. The summed E-state index contributed by atoms with van der Waals surface area (Å²) in [6, 6.07) is 14.7. The van der Waals surface area contributed by atoms with Crippen LogP contribution in [-0.4, -0.2) is 36.2 Å². The van der Waals surface area contributed by atoms with Gasteiger partial charge in [0.2, 0.25) is 0 Å². The maximum atomic E-state index is 12.4. The highest BCUT2D eigenvalue weighted by Crippen LogP contribution is 2.61. The molecular formula is C27H36N4O3. The standard InChI is InChI=1S/C27H36N4O3/c1-27(2)22-12-11-21(23(27)13-22)16-29-15-17-3-5-18(6-4-17)19-7-9-20(10-8-19)25(32)30-24(14-28)26(33)31-34/h3-10,21-24,29,34H,11-16,28H2,1-2H3,(H,30,32)(H,31,33)/t21-,22-,23-,24-/m0/s1. The lowest BCUT2D eigenvalue weighted by Gasteiger charge is -2.60. The van der Waals surface area contributed by atoms with Gasteiger partial charge in [-0.1, -0.05) is 50.2 Å². The van der Waals surface area contributed by atoms with Crippen molar-refractivity contribution < 1.29 is 14.8 Å². The van der Waals surface area contributed by atoms with Crippen LogP contribution in [-0.2, 0) is 11.3 Å². The summed E-state index contributed by atoms with van der Waals surface area (Å²) in [7, 11) is 0. The Bertz CT molecular complexity index is 1000. The fourth-order valence-electron chi connectivity index (χ4n) is 5.79. The van der Waals surface area contributed by atoms with Crippen LogP contribution in [0.15, 0.2) is 48.5 Å². The predicted octanol–water partition coefficient (Wildman–Crippen LogP) is 3.08. The second-order valence-electron chi connectivity index (χ2n) is 10.3. The fraction of sp³-hybridized carbons (Fsp3) is 0.481. The van der Waals surface area contributed by atoms with Crippen LogP contribution in [0.2, 0.25) is 0 Å². The van der Waals surface area contributed by atoms with E-state index < -0.39 is 17.9 Å². The quantitative estimate of drug-likeness (QED) is 0.289. The first kappa shape index (κ1) is 24.4. The van der Waals surface area contributed by atoms with Crippen molar-refractivity contribution in [1.29, 1.82) is 0 Å². The van der Waals surface area contributed by atoms with Crippen molar-refractivity contribution >= 4 is 11.8 Å². The molecule has 0 radical (unpaired) electrons. The van der Waals surface area contributed by atoms with Gasteiger partial charge in [0.1, 0.15) is 6.04 Å². The van der Waals surface area contributed by atoms with Crippen LogP contribution in [0.3, 0.4) is 0 Å². The Morgan fingerprint density at radius 2 is 1.71 bits per heavy atom. The molecule has 0 heterocycles. The van der Waals surface area contributed by atoms with Crippen LogP contribution >= 0.6 is 0 Å². The van der Waals surface area contributed by atoms with E-state index in [0.29, 0.717) is 11.0 Å². The smallest absolute Gasteiger partial charge is 0.267 e. The minimum absolute atomic E-state index is 0.114. The molecule has 7 nitrogen and oxygen atoms in total. The van der Waals surface area contributed by atoms with E-state index in [0.717, 1.165) is 42.0 Å². The van der Waals surface area contributed by atoms with E-state index in [1.54, 1.807) is 12.1 Å². The van der Waals surface area contributed by atoms with Gasteiger partial charge >= 0.3 is 0 Å². The third-order valence-electron chi connectivity index (χ3n) is 8.14. The highest BCUT2D eigenvalue weighted by Gasteiger charge is 2.53. The van der Waals surface area contributed by atoms with Gasteiger partial charge < -0.3 is 16.4 Å². The van der Waals surface area contributed by atoms with Crippen molar-refractivity contribution in [1.82, 2.24) is 16.1 Å². The predicted molar refractivity (Wildman–Crippen MR) is 132 cm³/mol. The van der Waals surface area contributed by atoms with E-state index in [4.69, 9.17) is 10.9 Å². The first-order valence-electron chi connectivity index (χ1n) is 12.2. The summed E-state index contributed by atoms with van der Waals surface area (Å²) in [4.78, 5) is 23.9. The summed E-state index contributed by atoms with van der Waals surface area (Å²) in [6.45, 7) is 6.74. The van der Waals surface area contributed by atoms with Gasteiger partial charge in [0.15, 0.2) is 0 Å². The van der Waals surface area contributed by atoms with Crippen LogP contribution in [0, 0.1) is 23.2 Å². The maximum absolute atomic E-state index is 12.4. The Balaban J connectivity index is 1.29. The number of nitrogens with two attached hydrogens (primary N) is 1. The molecule has 2 aromatic carbocycles. The van der Waals surface area contributed by atoms with Crippen LogP contribution in [0.5, 0.6) is 0 Å². The van der Waals surface area contributed by atoms with Crippen LogP contribution < -0.4 is 21.8 Å². The molecule has 182 valence electrons. The number of fused-ring (bicyclic) bond motifs is 2. The van der Waals surface area contributed by atoms with E-state index in [1.165, 1.54) is 30.3 Å². The van der Waals surface area contributed by atoms with E-state index in [1.807, 2.05) is 12.1 Å². The average Bonchev–Trinajstić information content (AvgIpc) is 2.87. The molecule has 0 saturated heterocycles. The molecule has 3 aliphatic rings. The van der Waals surface area contributed by atoms with Gasteiger partial charge in [-0.15, -0.1) is 0 Å². The number of rotatable bonds is 9. The lowest BCUT2D eigenvalue weighted by Crippen LogP contribution is -2.54. The van der Waals surface area contributed by atoms with Crippen molar-refractivity contribution in [3.05, 3.63) is 59.7 Å². The molecule has 0 aromatic heterocycles. The Hall–Kier alpha value is -2.74. The number of hydroxylamine groups is 1. The number of carbonyl (C=O) groups excluding carboxylic acids is 2. The number of amides is 2. The number of hydrogen-bond acceptors (Lipinski definition) is 5. The molecule has 0 aliphatic heterocycles. The Morgan fingerprint density at radius 1 is 1.06 bits per heavy atom. The fourth-order valence-corrected chi connectivity index (χ4v) is 5.79. The SMILES string of the molecule is CC1(C)[C@H]2CC[C@@H](CNCc3ccc(-c4ccc(C(=O)N[C@@H](CN)C(=O)NO)cc4)cc3)[C@@H]1C2. The van der Waals surface area contributed by atoms with Crippen molar-refractivity contribution in [2.75, 3.05) is 13.1 Å². The minimum Gasteiger partial charge on any atom is -0.339 e. The Morgan fingerprint density at radius 3 is 2.26 bits per heavy atom. The van der Waals surface area contributed by atoms with Crippen molar-refractivity contribution in [2.45, 2.75) is 45.7 Å². The molecule has 0 spiro atoms. The molecule has 5 rings (SSSR count). The zero-order valence-corrected chi connectivity index (χ0v) is 20.0. The largest absolute Gasteiger partial charge is 0.339 e. The second kappa shape index (κ2) is 10.3. The van der Waals surface area contributed by atoms with Gasteiger partial charge in [0.05, 0.1) is 0 Å². The van der Waals surface area contributed by atoms with E-state index >= 15 is 0 Å². The number of nitrogens with one attached hydrogen (secondary N) is 3. The summed E-state index contributed by atoms with van der Waals surface area (Å²) in [6.07, 6.45) is 4.16.